The molecule has 1 rings (SSSR count). The molecule has 1 atom stereocenters. The van der Waals surface area contributed by atoms with Crippen molar-refractivity contribution in [1.82, 2.24) is 5.16 Å². The molecule has 0 bridgehead atoms. The fourth-order valence-electron chi connectivity index (χ4n) is 0.979. The number of aromatic nitrogens is 1. The number of rotatable bonds is 5. The standard InChI is InChI=1S/C9H15NO2S/c1-7-5-9(10-12-7)6-13-8(2)3-4-11/h5,8,11H,3-4,6H2,1-2H3. The Kier molecular flexibility index (Phi) is 4.32. The third kappa shape index (κ3) is 3.83. The van der Waals surface area contributed by atoms with Crippen molar-refractivity contribution in [2.24, 2.45) is 0 Å². The number of hydrogen-bond donors (Lipinski definition) is 1. The van der Waals surface area contributed by atoms with Crippen molar-refractivity contribution >= 4 is 11.8 Å². The number of nitrogens with zero attached hydrogens (tertiary/aromatic N) is 1. The molecular weight excluding hydrogens is 186 g/mol. The lowest BCUT2D eigenvalue weighted by atomic mass is 10.3. The van der Waals surface area contributed by atoms with E-state index in [-0.39, 0.29) is 6.61 Å². The molecule has 4 heteroatoms. The zero-order valence-electron chi connectivity index (χ0n) is 7.99. The summed E-state index contributed by atoms with van der Waals surface area (Å²) in [5.74, 6) is 1.71. The van der Waals surface area contributed by atoms with E-state index in [1.807, 2.05) is 13.0 Å². The van der Waals surface area contributed by atoms with Gasteiger partial charge in [-0.05, 0) is 13.3 Å². The third-order valence-corrected chi connectivity index (χ3v) is 3.00. The van der Waals surface area contributed by atoms with Crippen LogP contribution >= 0.6 is 11.8 Å². The number of hydrogen-bond acceptors (Lipinski definition) is 4. The normalized spacial score (nSPS) is 13.2. The second-order valence-corrected chi connectivity index (χ2v) is 4.49. The number of aliphatic hydroxyl groups excluding tert-OH is 1. The molecule has 1 aromatic rings. The van der Waals surface area contributed by atoms with Crippen LogP contribution in [0, 0.1) is 6.92 Å². The van der Waals surface area contributed by atoms with Crippen LogP contribution < -0.4 is 0 Å². The summed E-state index contributed by atoms with van der Waals surface area (Å²) >= 11 is 1.78. The molecule has 1 aromatic heterocycles. The highest BCUT2D eigenvalue weighted by molar-refractivity contribution is 7.99. The van der Waals surface area contributed by atoms with E-state index in [0.717, 1.165) is 23.6 Å². The van der Waals surface area contributed by atoms with E-state index in [1.165, 1.54) is 0 Å². The molecule has 0 spiro atoms. The zero-order chi connectivity index (χ0) is 9.68. The highest BCUT2D eigenvalue weighted by Crippen LogP contribution is 2.19. The van der Waals surface area contributed by atoms with Gasteiger partial charge < -0.3 is 9.63 Å². The maximum absolute atomic E-state index is 8.69. The summed E-state index contributed by atoms with van der Waals surface area (Å²) in [5, 5.41) is 13.1. The predicted molar refractivity (Wildman–Crippen MR) is 53.7 cm³/mol. The highest BCUT2D eigenvalue weighted by atomic mass is 32.2. The monoisotopic (exact) mass is 201 g/mol. The summed E-state index contributed by atoms with van der Waals surface area (Å²) < 4.78 is 4.94. The van der Waals surface area contributed by atoms with Gasteiger partial charge >= 0.3 is 0 Å². The minimum absolute atomic E-state index is 0.256. The average molecular weight is 201 g/mol. The Labute approximate surface area is 82.5 Å². The van der Waals surface area contributed by atoms with Gasteiger partial charge in [-0.3, -0.25) is 0 Å². The summed E-state index contributed by atoms with van der Waals surface area (Å²) in [4.78, 5) is 0. The maximum Gasteiger partial charge on any atom is 0.133 e. The van der Waals surface area contributed by atoms with Crippen LogP contribution in [0.1, 0.15) is 24.8 Å². The van der Waals surface area contributed by atoms with Crippen LogP contribution in [0.15, 0.2) is 10.6 Å². The summed E-state index contributed by atoms with van der Waals surface area (Å²) in [6, 6.07) is 1.94. The number of thioether (sulfide) groups is 1. The van der Waals surface area contributed by atoms with E-state index in [2.05, 4.69) is 12.1 Å². The maximum atomic E-state index is 8.69. The van der Waals surface area contributed by atoms with Gasteiger partial charge in [0.15, 0.2) is 0 Å². The van der Waals surface area contributed by atoms with Gasteiger partial charge in [-0.2, -0.15) is 11.8 Å². The van der Waals surface area contributed by atoms with Crippen molar-refractivity contribution in [3.8, 4) is 0 Å². The molecule has 0 radical (unpaired) electrons. The summed E-state index contributed by atoms with van der Waals surface area (Å²) in [7, 11) is 0. The lowest BCUT2D eigenvalue weighted by molar-refractivity contribution is 0.289. The topological polar surface area (TPSA) is 46.3 Å². The Balaban J connectivity index is 2.26. The first-order valence-corrected chi connectivity index (χ1v) is 5.42. The largest absolute Gasteiger partial charge is 0.396 e. The van der Waals surface area contributed by atoms with E-state index in [9.17, 15) is 0 Å². The SMILES string of the molecule is Cc1cc(CSC(C)CCO)no1. The first kappa shape index (κ1) is 10.6. The number of aryl methyl sites for hydroxylation is 1. The van der Waals surface area contributed by atoms with Gasteiger partial charge in [-0.1, -0.05) is 12.1 Å². The molecule has 0 saturated heterocycles. The van der Waals surface area contributed by atoms with Crippen molar-refractivity contribution in [2.45, 2.75) is 31.3 Å². The molecule has 0 amide bonds. The van der Waals surface area contributed by atoms with Gasteiger partial charge in [0.2, 0.25) is 0 Å². The quantitative estimate of drug-likeness (QED) is 0.791. The van der Waals surface area contributed by atoms with Crippen LogP contribution in [0.4, 0.5) is 0 Å². The lowest BCUT2D eigenvalue weighted by Gasteiger charge is -2.06. The molecular formula is C9H15NO2S. The second kappa shape index (κ2) is 5.29. The fourth-order valence-corrected chi connectivity index (χ4v) is 1.84. The molecule has 1 heterocycles. The van der Waals surface area contributed by atoms with Gasteiger partial charge in [0.05, 0.1) is 5.69 Å². The third-order valence-electron chi connectivity index (χ3n) is 1.73. The molecule has 74 valence electrons. The van der Waals surface area contributed by atoms with Gasteiger partial charge in [-0.15, -0.1) is 0 Å². The molecule has 0 fully saturated rings. The van der Waals surface area contributed by atoms with Crippen LogP contribution in [0.25, 0.3) is 0 Å². The number of aliphatic hydroxyl groups is 1. The predicted octanol–water partition coefficient (Wildman–Crippen LogP) is 1.99. The van der Waals surface area contributed by atoms with Crippen molar-refractivity contribution in [3.63, 3.8) is 0 Å². The van der Waals surface area contributed by atoms with Gasteiger partial charge in [0.1, 0.15) is 5.76 Å². The van der Waals surface area contributed by atoms with Crippen LogP contribution in [0.5, 0.6) is 0 Å². The van der Waals surface area contributed by atoms with Crippen LogP contribution in [-0.2, 0) is 5.75 Å². The minimum Gasteiger partial charge on any atom is -0.396 e. The Morgan fingerprint density at radius 1 is 1.69 bits per heavy atom. The Morgan fingerprint density at radius 3 is 3.00 bits per heavy atom. The smallest absolute Gasteiger partial charge is 0.133 e. The molecule has 0 aliphatic rings. The molecule has 0 aliphatic carbocycles. The molecule has 13 heavy (non-hydrogen) atoms. The van der Waals surface area contributed by atoms with E-state index in [1.54, 1.807) is 11.8 Å². The van der Waals surface area contributed by atoms with Gasteiger partial charge in [0.25, 0.3) is 0 Å². The molecule has 1 N–H and O–H groups in total. The summed E-state index contributed by atoms with van der Waals surface area (Å²) in [6.07, 6.45) is 0.835. The second-order valence-electron chi connectivity index (χ2n) is 3.06. The van der Waals surface area contributed by atoms with Crippen molar-refractivity contribution in [2.75, 3.05) is 6.61 Å². The Bertz CT molecular complexity index is 250. The van der Waals surface area contributed by atoms with Gasteiger partial charge in [-0.25, -0.2) is 0 Å². The lowest BCUT2D eigenvalue weighted by Crippen LogP contribution is -1.99. The molecule has 0 saturated carbocycles. The zero-order valence-corrected chi connectivity index (χ0v) is 8.80. The first-order chi connectivity index (χ1) is 6.22. The fraction of sp³-hybridized carbons (Fsp3) is 0.667. The van der Waals surface area contributed by atoms with Crippen LogP contribution in [-0.4, -0.2) is 22.1 Å². The van der Waals surface area contributed by atoms with E-state index < -0.39 is 0 Å². The Hall–Kier alpha value is -0.480. The molecule has 1 unspecified atom stereocenters. The van der Waals surface area contributed by atoms with Crippen molar-refractivity contribution < 1.29 is 9.63 Å². The minimum atomic E-state index is 0.256. The molecule has 0 aromatic carbocycles. The van der Waals surface area contributed by atoms with Crippen molar-refractivity contribution in [3.05, 3.63) is 17.5 Å². The van der Waals surface area contributed by atoms with Crippen LogP contribution in [0.3, 0.4) is 0 Å². The molecule has 0 aliphatic heterocycles. The summed E-state index contributed by atoms with van der Waals surface area (Å²) in [6.45, 7) is 4.25. The first-order valence-electron chi connectivity index (χ1n) is 4.37. The highest BCUT2D eigenvalue weighted by Gasteiger charge is 2.04. The van der Waals surface area contributed by atoms with Crippen LogP contribution in [0.2, 0.25) is 0 Å². The average Bonchev–Trinajstić information content (AvgIpc) is 2.49. The van der Waals surface area contributed by atoms with E-state index >= 15 is 0 Å². The van der Waals surface area contributed by atoms with Gasteiger partial charge in [0, 0.05) is 23.7 Å². The molecule has 3 nitrogen and oxygen atoms in total. The van der Waals surface area contributed by atoms with Crippen molar-refractivity contribution in [1.29, 1.82) is 0 Å². The van der Waals surface area contributed by atoms with E-state index in [0.29, 0.717) is 5.25 Å². The summed E-state index contributed by atoms with van der Waals surface area (Å²) in [5.41, 5.74) is 0.979. The van der Waals surface area contributed by atoms with E-state index in [4.69, 9.17) is 9.63 Å². The Morgan fingerprint density at radius 2 is 2.46 bits per heavy atom.